The van der Waals surface area contributed by atoms with Gasteiger partial charge in [0.2, 0.25) is 0 Å². The van der Waals surface area contributed by atoms with Crippen molar-refractivity contribution in [3.8, 4) is 11.5 Å². The number of benzene rings is 2. The van der Waals surface area contributed by atoms with E-state index >= 15 is 0 Å². The molecule has 0 atom stereocenters. The number of hydrogen-bond donors (Lipinski definition) is 1. The fourth-order valence-electron chi connectivity index (χ4n) is 2.10. The first-order valence-corrected chi connectivity index (χ1v) is 7.99. The topological polar surface area (TPSA) is 30.5 Å². The molecule has 21 heavy (non-hydrogen) atoms. The van der Waals surface area contributed by atoms with Crippen LogP contribution < -0.4 is 14.8 Å². The maximum Gasteiger partial charge on any atom is 0.175 e. The Labute approximate surface area is 138 Å². The quantitative estimate of drug-likeness (QED) is 0.784. The molecule has 0 spiro atoms. The van der Waals surface area contributed by atoms with Gasteiger partial charge in [-0.3, -0.25) is 0 Å². The van der Waals surface area contributed by atoms with Crippen molar-refractivity contribution >= 4 is 37.5 Å². The fraction of sp³-hybridized carbons (Fsp3) is 0.200. The average Bonchev–Trinajstić information content (AvgIpc) is 2.46. The molecule has 1 aliphatic heterocycles. The molecule has 1 aliphatic rings. The number of ether oxygens (including phenoxy) is 2. The van der Waals surface area contributed by atoms with Crippen molar-refractivity contribution in [2.45, 2.75) is 6.54 Å². The number of rotatable bonds is 3. The van der Waals surface area contributed by atoms with Crippen molar-refractivity contribution in [3.05, 3.63) is 50.7 Å². The Morgan fingerprint density at radius 2 is 1.86 bits per heavy atom. The summed E-state index contributed by atoms with van der Waals surface area (Å²) in [5, 5.41) is 3.26. The van der Waals surface area contributed by atoms with Crippen LogP contribution in [0, 0.1) is 5.82 Å². The summed E-state index contributed by atoms with van der Waals surface area (Å²) < 4.78 is 25.8. The zero-order valence-electron chi connectivity index (χ0n) is 11.0. The maximum atomic E-state index is 13.1. The van der Waals surface area contributed by atoms with Crippen LogP contribution in [0.3, 0.4) is 0 Å². The molecule has 0 amide bonds. The normalized spacial score (nSPS) is 13.1. The van der Waals surface area contributed by atoms with Crippen molar-refractivity contribution in [1.29, 1.82) is 0 Å². The van der Waals surface area contributed by atoms with Gasteiger partial charge in [-0.15, -0.1) is 0 Å². The first-order valence-electron chi connectivity index (χ1n) is 6.40. The average molecular weight is 417 g/mol. The van der Waals surface area contributed by atoms with Gasteiger partial charge in [0.15, 0.2) is 11.5 Å². The SMILES string of the molecule is Fc1ccc(NCc2cc(Br)c3c(c2)OCCO3)c(Br)c1. The van der Waals surface area contributed by atoms with E-state index in [-0.39, 0.29) is 5.82 Å². The lowest BCUT2D eigenvalue weighted by Crippen LogP contribution is -2.16. The zero-order valence-corrected chi connectivity index (χ0v) is 14.1. The number of nitrogens with one attached hydrogen (secondary N) is 1. The third-order valence-electron chi connectivity index (χ3n) is 3.07. The highest BCUT2D eigenvalue weighted by molar-refractivity contribution is 9.11. The van der Waals surface area contributed by atoms with Gasteiger partial charge in [-0.25, -0.2) is 4.39 Å². The van der Waals surface area contributed by atoms with Crippen LogP contribution in [0.4, 0.5) is 10.1 Å². The molecule has 1 heterocycles. The van der Waals surface area contributed by atoms with Crippen LogP contribution >= 0.6 is 31.9 Å². The van der Waals surface area contributed by atoms with Crippen LogP contribution in [0.15, 0.2) is 39.3 Å². The predicted octanol–water partition coefficient (Wildman–Crippen LogP) is 4.73. The number of hydrogen-bond acceptors (Lipinski definition) is 3. The lowest BCUT2D eigenvalue weighted by atomic mass is 10.2. The molecule has 6 heteroatoms. The highest BCUT2D eigenvalue weighted by Crippen LogP contribution is 2.38. The standard InChI is InChI=1S/C15H12Br2FNO2/c16-11-7-10(18)1-2-13(11)19-8-9-5-12(17)15-14(6-9)20-3-4-21-15/h1-2,5-7,19H,3-4,8H2. The molecule has 0 bridgehead atoms. The van der Waals surface area contributed by atoms with E-state index < -0.39 is 0 Å². The van der Waals surface area contributed by atoms with Crippen LogP contribution in [-0.2, 0) is 6.54 Å². The molecule has 1 N–H and O–H groups in total. The van der Waals surface area contributed by atoms with Crippen molar-refractivity contribution in [3.63, 3.8) is 0 Å². The third-order valence-corrected chi connectivity index (χ3v) is 4.32. The van der Waals surface area contributed by atoms with Gasteiger partial charge in [-0.2, -0.15) is 0 Å². The summed E-state index contributed by atoms with van der Waals surface area (Å²) in [5.74, 6) is 1.22. The molecule has 0 aliphatic carbocycles. The molecule has 2 aromatic carbocycles. The Balaban J connectivity index is 1.77. The van der Waals surface area contributed by atoms with Crippen LogP contribution in [0.2, 0.25) is 0 Å². The monoisotopic (exact) mass is 415 g/mol. The van der Waals surface area contributed by atoms with E-state index in [1.54, 1.807) is 6.07 Å². The summed E-state index contributed by atoms with van der Waals surface area (Å²) in [4.78, 5) is 0. The van der Waals surface area contributed by atoms with E-state index in [1.807, 2.05) is 12.1 Å². The maximum absolute atomic E-state index is 13.1. The summed E-state index contributed by atoms with van der Waals surface area (Å²) >= 11 is 6.83. The summed E-state index contributed by atoms with van der Waals surface area (Å²) in [7, 11) is 0. The summed E-state index contributed by atoms with van der Waals surface area (Å²) in [5.41, 5.74) is 1.88. The Morgan fingerprint density at radius 1 is 1.05 bits per heavy atom. The smallest absolute Gasteiger partial charge is 0.175 e. The molecule has 0 aromatic heterocycles. The fourth-order valence-corrected chi connectivity index (χ4v) is 3.19. The van der Waals surface area contributed by atoms with Gasteiger partial charge in [0, 0.05) is 16.7 Å². The Bertz CT molecular complexity index is 679. The minimum atomic E-state index is -0.269. The van der Waals surface area contributed by atoms with Crippen LogP contribution in [0.25, 0.3) is 0 Å². The van der Waals surface area contributed by atoms with E-state index in [2.05, 4.69) is 37.2 Å². The van der Waals surface area contributed by atoms with Gasteiger partial charge in [-0.1, -0.05) is 0 Å². The van der Waals surface area contributed by atoms with E-state index in [9.17, 15) is 4.39 Å². The van der Waals surface area contributed by atoms with Gasteiger partial charge in [0.1, 0.15) is 19.0 Å². The van der Waals surface area contributed by atoms with E-state index in [4.69, 9.17) is 9.47 Å². The second-order valence-electron chi connectivity index (χ2n) is 4.58. The lowest BCUT2D eigenvalue weighted by Gasteiger charge is -2.20. The van der Waals surface area contributed by atoms with Crippen molar-refractivity contribution in [1.82, 2.24) is 0 Å². The third kappa shape index (κ3) is 3.32. The van der Waals surface area contributed by atoms with Crippen molar-refractivity contribution in [2.24, 2.45) is 0 Å². The largest absolute Gasteiger partial charge is 0.486 e. The molecule has 3 nitrogen and oxygen atoms in total. The predicted molar refractivity (Wildman–Crippen MR) is 86.6 cm³/mol. The first-order chi connectivity index (χ1) is 10.1. The summed E-state index contributed by atoms with van der Waals surface area (Å²) in [6.45, 7) is 1.71. The van der Waals surface area contributed by atoms with Gasteiger partial charge >= 0.3 is 0 Å². The van der Waals surface area contributed by atoms with Gasteiger partial charge in [0.25, 0.3) is 0 Å². The van der Waals surface area contributed by atoms with Gasteiger partial charge < -0.3 is 14.8 Å². The molecule has 0 saturated heterocycles. The summed E-state index contributed by atoms with van der Waals surface area (Å²) in [6, 6.07) is 8.49. The zero-order chi connectivity index (χ0) is 14.8. The van der Waals surface area contributed by atoms with E-state index in [0.29, 0.717) is 24.2 Å². The van der Waals surface area contributed by atoms with Crippen LogP contribution in [0.1, 0.15) is 5.56 Å². The second kappa shape index (κ2) is 6.23. The Kier molecular flexibility index (Phi) is 4.35. The van der Waals surface area contributed by atoms with Crippen molar-refractivity contribution in [2.75, 3.05) is 18.5 Å². The summed E-state index contributed by atoms with van der Waals surface area (Å²) in [6.07, 6.45) is 0. The molecule has 0 unspecified atom stereocenters. The van der Waals surface area contributed by atoms with E-state index in [1.165, 1.54) is 12.1 Å². The number of anilines is 1. The molecule has 3 rings (SSSR count). The van der Waals surface area contributed by atoms with Gasteiger partial charge in [0.05, 0.1) is 4.47 Å². The number of halogens is 3. The van der Waals surface area contributed by atoms with Crippen LogP contribution in [-0.4, -0.2) is 13.2 Å². The molecule has 0 saturated carbocycles. The Hall–Kier alpha value is -1.27. The highest BCUT2D eigenvalue weighted by atomic mass is 79.9. The minimum Gasteiger partial charge on any atom is -0.486 e. The highest BCUT2D eigenvalue weighted by Gasteiger charge is 2.16. The van der Waals surface area contributed by atoms with Gasteiger partial charge in [-0.05, 0) is 67.8 Å². The van der Waals surface area contributed by atoms with E-state index in [0.717, 1.165) is 27.2 Å². The Morgan fingerprint density at radius 3 is 2.67 bits per heavy atom. The minimum absolute atomic E-state index is 0.269. The van der Waals surface area contributed by atoms with Crippen LogP contribution in [0.5, 0.6) is 11.5 Å². The number of fused-ring (bicyclic) bond motifs is 1. The molecule has 0 fully saturated rings. The first kappa shape index (κ1) is 14.7. The molecule has 0 radical (unpaired) electrons. The van der Waals surface area contributed by atoms with Crippen molar-refractivity contribution < 1.29 is 13.9 Å². The molecular weight excluding hydrogens is 405 g/mol. The molecule has 2 aromatic rings. The molecule has 110 valence electrons. The molecular formula is C15H12Br2FNO2. The lowest BCUT2D eigenvalue weighted by molar-refractivity contribution is 0.170. The second-order valence-corrected chi connectivity index (χ2v) is 6.29.